The second kappa shape index (κ2) is 11.5. The molecule has 3 heteroatoms. The molecule has 0 spiro atoms. The summed E-state index contributed by atoms with van der Waals surface area (Å²) < 4.78 is 0. The van der Waals surface area contributed by atoms with Gasteiger partial charge in [0.2, 0.25) is 0 Å². The molecule has 0 unspecified atom stereocenters. The van der Waals surface area contributed by atoms with Crippen molar-refractivity contribution in [2.45, 2.75) is 59.0 Å². The Morgan fingerprint density at radius 2 is 1.80 bits per heavy atom. The molecular weight excluding hydrogens is 192 g/mol. The fraction of sp³-hybridized carbons (Fsp3) is 0.833. The molecule has 0 bridgehead atoms. The third-order valence-corrected chi connectivity index (χ3v) is 1.38. The Bertz CT molecular complexity index is 123. The highest BCUT2D eigenvalue weighted by Gasteiger charge is 2.10. The van der Waals surface area contributed by atoms with E-state index in [-0.39, 0.29) is 5.60 Å². The van der Waals surface area contributed by atoms with Gasteiger partial charge in [-0.2, -0.15) is 4.89 Å². The Morgan fingerprint density at radius 3 is 2.07 bits per heavy atom. The van der Waals surface area contributed by atoms with Gasteiger partial charge in [-0.05, 0) is 27.2 Å². The maximum absolute atomic E-state index is 8.29. The van der Waals surface area contributed by atoms with E-state index in [9.17, 15) is 0 Å². The molecule has 0 aromatic heterocycles. The molecule has 0 fully saturated rings. The quantitative estimate of drug-likeness (QED) is 0.321. The number of rotatable bonds is 6. The smallest absolute Gasteiger partial charge is 0.122 e. The van der Waals surface area contributed by atoms with Crippen molar-refractivity contribution in [2.75, 3.05) is 6.61 Å². The Labute approximate surface area is 94.0 Å². The molecule has 15 heavy (non-hydrogen) atoms. The van der Waals surface area contributed by atoms with E-state index in [0.29, 0.717) is 6.61 Å². The van der Waals surface area contributed by atoms with Crippen molar-refractivity contribution in [2.24, 2.45) is 0 Å². The summed E-state index contributed by atoms with van der Waals surface area (Å²) >= 11 is 0. The number of hydrogen-bond acceptors (Lipinski definition) is 3. The number of unbranched alkanes of at least 4 members (excludes halogenated alkanes) is 3. The van der Waals surface area contributed by atoms with E-state index in [0.717, 1.165) is 6.42 Å². The highest BCUT2D eigenvalue weighted by Crippen LogP contribution is 2.06. The van der Waals surface area contributed by atoms with Gasteiger partial charge in [0.05, 0.1) is 0 Å². The average Bonchev–Trinajstić information content (AvgIpc) is 2.16. The fourth-order valence-electron chi connectivity index (χ4n) is 0.717. The summed E-state index contributed by atoms with van der Waals surface area (Å²) in [7, 11) is 0. The Balaban J connectivity index is 0. The molecule has 0 amide bonds. The normalized spacial score (nSPS) is 10.2. The molecule has 0 saturated carbocycles. The summed E-state index contributed by atoms with van der Waals surface area (Å²) in [5.41, 5.74) is -0.242. The Hall–Kier alpha value is -0.540. The summed E-state index contributed by atoms with van der Waals surface area (Å²) in [5.74, 6) is 0. The second-order valence-corrected chi connectivity index (χ2v) is 4.24. The van der Waals surface area contributed by atoms with Gasteiger partial charge in [0.1, 0.15) is 11.9 Å². The Morgan fingerprint density at radius 1 is 1.20 bits per heavy atom. The lowest BCUT2D eigenvalue weighted by atomic mass is 10.2. The first-order valence-corrected chi connectivity index (χ1v) is 5.54. The van der Waals surface area contributed by atoms with Crippen LogP contribution < -0.4 is 0 Å². The molecular formula is C12H26O3. The van der Waals surface area contributed by atoms with Crippen LogP contribution in [0.2, 0.25) is 0 Å². The van der Waals surface area contributed by atoms with Gasteiger partial charge in [-0.15, -0.1) is 0 Å². The predicted octanol–water partition coefficient (Wildman–Crippen LogP) is 3.44. The molecule has 0 saturated heterocycles. The molecule has 3 nitrogen and oxygen atoms in total. The van der Waals surface area contributed by atoms with Crippen LogP contribution in [-0.2, 0) is 9.78 Å². The maximum atomic E-state index is 8.29. The molecule has 0 aromatic rings. The van der Waals surface area contributed by atoms with Crippen molar-refractivity contribution < 1.29 is 14.9 Å². The Kier molecular flexibility index (Phi) is 13.0. The van der Waals surface area contributed by atoms with Gasteiger partial charge < -0.3 is 9.99 Å². The topological polar surface area (TPSA) is 38.7 Å². The lowest BCUT2D eigenvalue weighted by molar-refractivity contribution is -0.310. The third kappa shape index (κ3) is 24.7. The summed E-state index contributed by atoms with van der Waals surface area (Å²) in [6.45, 7) is 11.5. The molecule has 0 radical (unpaired) electrons. The molecule has 0 atom stereocenters. The van der Waals surface area contributed by atoms with E-state index >= 15 is 0 Å². The largest absolute Gasteiger partial charge is 0.396 e. The molecule has 0 rings (SSSR count). The third-order valence-electron chi connectivity index (χ3n) is 1.38. The highest BCUT2D eigenvalue weighted by molar-refractivity contribution is 4.55. The predicted molar refractivity (Wildman–Crippen MR) is 63.3 cm³/mol. The minimum Gasteiger partial charge on any atom is -0.396 e. The van der Waals surface area contributed by atoms with Crippen molar-refractivity contribution in [3.63, 3.8) is 0 Å². The molecule has 0 aliphatic carbocycles. The number of aliphatic hydroxyl groups is 1. The van der Waals surface area contributed by atoms with Crippen molar-refractivity contribution in [3.05, 3.63) is 12.8 Å². The van der Waals surface area contributed by atoms with E-state index in [1.807, 2.05) is 20.8 Å². The van der Waals surface area contributed by atoms with Gasteiger partial charge in [-0.1, -0.05) is 32.8 Å². The van der Waals surface area contributed by atoms with E-state index < -0.39 is 0 Å². The second-order valence-electron chi connectivity index (χ2n) is 4.24. The molecule has 0 heterocycles. The van der Waals surface area contributed by atoms with Crippen LogP contribution >= 0.6 is 0 Å². The minimum absolute atomic E-state index is 0.242. The molecule has 0 aliphatic heterocycles. The summed E-state index contributed by atoms with van der Waals surface area (Å²) in [6.07, 6.45) is 5.94. The lowest BCUT2D eigenvalue weighted by Gasteiger charge is -2.15. The minimum atomic E-state index is -0.242. The van der Waals surface area contributed by atoms with Crippen LogP contribution in [0.1, 0.15) is 53.4 Å². The molecule has 0 aliphatic rings. The zero-order valence-electron chi connectivity index (χ0n) is 10.6. The summed E-state index contributed by atoms with van der Waals surface area (Å²) in [5, 5.41) is 8.29. The van der Waals surface area contributed by atoms with Gasteiger partial charge in [0.15, 0.2) is 0 Å². The molecule has 92 valence electrons. The summed E-state index contributed by atoms with van der Waals surface area (Å²) in [4.78, 5) is 9.22. The standard InChI is InChI=1S/C6H12O2.C6H14O/c1-5-7-8-6(2,3)4;1-2-3-4-5-6-7/h5H,1H2,2-4H3;7H,2-6H2,1H3. The van der Waals surface area contributed by atoms with Crippen LogP contribution in [0.25, 0.3) is 0 Å². The fourth-order valence-corrected chi connectivity index (χ4v) is 0.717. The van der Waals surface area contributed by atoms with Crippen molar-refractivity contribution in [1.29, 1.82) is 0 Å². The number of hydrogen-bond donors (Lipinski definition) is 1. The van der Waals surface area contributed by atoms with Gasteiger partial charge in [0, 0.05) is 6.61 Å². The number of aliphatic hydroxyl groups excluding tert-OH is 1. The first kappa shape index (κ1) is 16.9. The molecule has 0 aromatic carbocycles. The van der Waals surface area contributed by atoms with Gasteiger partial charge >= 0.3 is 0 Å². The van der Waals surface area contributed by atoms with Crippen LogP contribution in [0.5, 0.6) is 0 Å². The first-order valence-electron chi connectivity index (χ1n) is 5.54. The van der Waals surface area contributed by atoms with Gasteiger partial charge in [-0.25, -0.2) is 0 Å². The van der Waals surface area contributed by atoms with Crippen LogP contribution in [0.15, 0.2) is 12.8 Å². The zero-order valence-corrected chi connectivity index (χ0v) is 10.6. The van der Waals surface area contributed by atoms with Gasteiger partial charge in [-0.3, -0.25) is 0 Å². The van der Waals surface area contributed by atoms with E-state index in [2.05, 4.69) is 18.4 Å². The van der Waals surface area contributed by atoms with Crippen molar-refractivity contribution in [3.8, 4) is 0 Å². The van der Waals surface area contributed by atoms with Crippen molar-refractivity contribution >= 4 is 0 Å². The van der Waals surface area contributed by atoms with Gasteiger partial charge in [0.25, 0.3) is 0 Å². The van der Waals surface area contributed by atoms with E-state index in [1.165, 1.54) is 25.5 Å². The summed E-state index contributed by atoms with van der Waals surface area (Å²) in [6, 6.07) is 0. The SMILES string of the molecule is C=COOC(C)(C)C.CCCCCCO. The average molecular weight is 218 g/mol. The lowest BCUT2D eigenvalue weighted by Crippen LogP contribution is -2.17. The monoisotopic (exact) mass is 218 g/mol. The van der Waals surface area contributed by atoms with Crippen LogP contribution in [0, 0.1) is 0 Å². The first-order chi connectivity index (χ1) is 6.97. The van der Waals surface area contributed by atoms with Crippen LogP contribution in [0.3, 0.4) is 0 Å². The highest BCUT2D eigenvalue weighted by atomic mass is 17.2. The van der Waals surface area contributed by atoms with E-state index in [1.54, 1.807) is 0 Å². The van der Waals surface area contributed by atoms with E-state index in [4.69, 9.17) is 9.99 Å². The van der Waals surface area contributed by atoms with Crippen LogP contribution in [0.4, 0.5) is 0 Å². The van der Waals surface area contributed by atoms with Crippen LogP contribution in [-0.4, -0.2) is 17.3 Å². The molecule has 1 N–H and O–H groups in total. The maximum Gasteiger partial charge on any atom is 0.122 e. The zero-order chi connectivity index (χ0) is 12.2. The van der Waals surface area contributed by atoms with Crippen molar-refractivity contribution in [1.82, 2.24) is 0 Å².